The van der Waals surface area contributed by atoms with E-state index in [4.69, 9.17) is 19.2 Å². The second kappa shape index (κ2) is 9.23. The first-order valence-electron chi connectivity index (χ1n) is 11.2. The van der Waals surface area contributed by atoms with E-state index in [-0.39, 0.29) is 18.2 Å². The summed E-state index contributed by atoms with van der Waals surface area (Å²) in [5.41, 5.74) is 1.70. The van der Waals surface area contributed by atoms with Gasteiger partial charge in [-0.2, -0.15) is 0 Å². The molecule has 0 aromatic carbocycles. The van der Waals surface area contributed by atoms with E-state index in [2.05, 4.69) is 10.6 Å². The Bertz CT molecular complexity index is 1020. The van der Waals surface area contributed by atoms with Crippen molar-refractivity contribution in [1.29, 1.82) is 0 Å². The van der Waals surface area contributed by atoms with Crippen molar-refractivity contribution in [3.8, 4) is 0 Å². The molecule has 1 amide bonds. The molecule has 0 saturated carbocycles. The van der Waals surface area contributed by atoms with Gasteiger partial charge in [0.2, 0.25) is 0 Å². The Morgan fingerprint density at radius 1 is 1.31 bits per heavy atom. The molecular formula is C23H31N3O5S. The van der Waals surface area contributed by atoms with E-state index in [1.54, 1.807) is 11.8 Å². The number of rotatable bonds is 5. The average Bonchev–Trinajstić information content (AvgIpc) is 3.22. The lowest BCUT2D eigenvalue weighted by atomic mass is 10.0. The number of nitrogens with zero attached hydrogens (tertiary/aromatic N) is 3. The molecule has 9 heteroatoms. The Morgan fingerprint density at radius 2 is 2.03 bits per heavy atom. The number of carbonyl (C=O) groups is 2. The Hall–Kier alpha value is -2.39. The predicted molar refractivity (Wildman–Crippen MR) is 123 cm³/mol. The first-order chi connectivity index (χ1) is 15.2. The Kier molecular flexibility index (Phi) is 6.57. The number of thiophene rings is 1. The number of ether oxygens (including phenoxy) is 3. The first-order valence-corrected chi connectivity index (χ1v) is 12.0. The molecule has 2 aliphatic heterocycles. The van der Waals surface area contributed by atoms with E-state index < -0.39 is 5.60 Å². The van der Waals surface area contributed by atoms with E-state index in [1.165, 1.54) is 16.9 Å². The minimum absolute atomic E-state index is 0.171. The van der Waals surface area contributed by atoms with Crippen molar-refractivity contribution in [2.75, 3.05) is 26.3 Å². The number of likely N-dealkylation sites (tertiary alicyclic amines) is 1. The van der Waals surface area contributed by atoms with E-state index in [0.29, 0.717) is 31.1 Å². The Labute approximate surface area is 192 Å². The van der Waals surface area contributed by atoms with Crippen LogP contribution in [-0.4, -0.2) is 64.5 Å². The summed E-state index contributed by atoms with van der Waals surface area (Å²) in [6.45, 7) is 10.6. The van der Waals surface area contributed by atoms with E-state index in [0.717, 1.165) is 42.0 Å². The molecule has 32 heavy (non-hydrogen) atoms. The molecule has 0 N–H and O–H groups in total. The molecule has 0 radical (unpaired) electrons. The molecule has 0 spiro atoms. The lowest BCUT2D eigenvalue weighted by Crippen LogP contribution is -2.40. The van der Waals surface area contributed by atoms with Crippen LogP contribution >= 0.6 is 11.3 Å². The smallest absolute Gasteiger partial charge is 0.410 e. The summed E-state index contributed by atoms with van der Waals surface area (Å²) in [6.07, 6.45) is 4.63. The van der Waals surface area contributed by atoms with Crippen LogP contribution in [0.15, 0.2) is 11.6 Å². The van der Waals surface area contributed by atoms with Crippen LogP contribution in [-0.2, 0) is 20.8 Å². The molecule has 0 bridgehead atoms. The Morgan fingerprint density at radius 3 is 2.62 bits per heavy atom. The topological polar surface area (TPSA) is 82.9 Å². The maximum Gasteiger partial charge on any atom is 0.410 e. The Balaban J connectivity index is 1.52. The highest BCUT2D eigenvalue weighted by Gasteiger charge is 2.26. The molecule has 8 nitrogen and oxygen atoms in total. The van der Waals surface area contributed by atoms with Gasteiger partial charge in [-0.05, 0) is 59.1 Å². The highest BCUT2D eigenvalue weighted by atomic mass is 32.1. The van der Waals surface area contributed by atoms with Crippen LogP contribution in [0.5, 0.6) is 0 Å². The molecular weight excluding hydrogens is 430 g/mol. The molecule has 174 valence electrons. The van der Waals surface area contributed by atoms with Gasteiger partial charge < -0.3 is 23.7 Å². The molecule has 2 aromatic heterocycles. The van der Waals surface area contributed by atoms with Crippen LogP contribution in [0.1, 0.15) is 62.5 Å². The fraction of sp³-hybridized carbons (Fsp3) is 0.609. The molecule has 1 atom stereocenters. The van der Waals surface area contributed by atoms with Crippen molar-refractivity contribution < 1.29 is 23.8 Å². The zero-order valence-electron chi connectivity index (χ0n) is 19.2. The third-order valence-corrected chi connectivity index (χ3v) is 6.52. The quantitative estimate of drug-likeness (QED) is 0.611. The molecule has 4 heterocycles. The molecule has 0 aliphatic carbocycles. The zero-order chi connectivity index (χ0) is 22.9. The summed E-state index contributed by atoms with van der Waals surface area (Å²) in [5.74, 6) is 0.564. The van der Waals surface area contributed by atoms with Crippen molar-refractivity contribution in [3.05, 3.63) is 22.3 Å². The number of aromatic nitrogens is 2. The largest absolute Gasteiger partial charge is 0.462 e. The number of amides is 1. The summed E-state index contributed by atoms with van der Waals surface area (Å²) in [5, 5.41) is 0. The lowest BCUT2D eigenvalue weighted by molar-refractivity contribution is -0.0587. The van der Waals surface area contributed by atoms with Gasteiger partial charge in [0.05, 0.1) is 24.8 Å². The van der Waals surface area contributed by atoms with Crippen molar-refractivity contribution in [2.24, 2.45) is 0 Å². The maximum absolute atomic E-state index is 12.3. The minimum Gasteiger partial charge on any atom is -0.462 e. The predicted octanol–water partition coefficient (Wildman–Crippen LogP) is 4.48. The second-order valence-corrected chi connectivity index (χ2v) is 10.2. The van der Waals surface area contributed by atoms with Gasteiger partial charge >= 0.3 is 12.1 Å². The van der Waals surface area contributed by atoms with Crippen LogP contribution < -0.4 is 0 Å². The number of piperidine rings is 1. The number of esters is 1. The molecule has 0 unspecified atom stereocenters. The number of carbonyl (C=O) groups excluding carboxylic acids is 2. The van der Waals surface area contributed by atoms with E-state index in [9.17, 15) is 9.59 Å². The van der Waals surface area contributed by atoms with Gasteiger partial charge in [0, 0.05) is 19.7 Å². The van der Waals surface area contributed by atoms with Crippen LogP contribution in [0.2, 0.25) is 0 Å². The summed E-state index contributed by atoms with van der Waals surface area (Å²) < 4.78 is 18.4. The summed E-state index contributed by atoms with van der Waals surface area (Å²) in [7, 11) is 0. The standard InChI is InChI=1S/C23H31N3O5S/c1-5-29-21(27)18-13-17-20(32-18)24-19(26(17)14-16-8-11-30-16)12-15-6-9-25(10-7-15)22(28)31-23(2,3)4/h12-13,16H,5-11,14H2,1-4H3/t16-/m0/s1. The van der Waals surface area contributed by atoms with Crippen molar-refractivity contribution in [2.45, 2.75) is 65.2 Å². The molecule has 2 aromatic rings. The summed E-state index contributed by atoms with van der Waals surface area (Å²) >= 11 is 1.36. The minimum atomic E-state index is -0.490. The average molecular weight is 462 g/mol. The molecule has 2 aliphatic rings. The van der Waals surface area contributed by atoms with Gasteiger partial charge in [-0.3, -0.25) is 0 Å². The summed E-state index contributed by atoms with van der Waals surface area (Å²) in [4.78, 5) is 32.5. The zero-order valence-corrected chi connectivity index (χ0v) is 20.0. The van der Waals surface area contributed by atoms with Crippen LogP contribution in [0.3, 0.4) is 0 Å². The van der Waals surface area contributed by atoms with Crippen LogP contribution in [0.25, 0.3) is 16.4 Å². The maximum atomic E-state index is 12.3. The van der Waals surface area contributed by atoms with Crippen LogP contribution in [0.4, 0.5) is 4.79 Å². The third-order valence-electron chi connectivity index (χ3n) is 5.52. The van der Waals surface area contributed by atoms with Crippen molar-refractivity contribution >= 4 is 39.8 Å². The third kappa shape index (κ3) is 5.15. The number of imidazole rings is 1. The van der Waals surface area contributed by atoms with Gasteiger partial charge in [-0.25, -0.2) is 14.6 Å². The molecule has 4 rings (SSSR count). The van der Waals surface area contributed by atoms with Gasteiger partial charge in [0.1, 0.15) is 21.1 Å². The normalized spacial score (nSPS) is 19.1. The van der Waals surface area contributed by atoms with Gasteiger partial charge in [0.15, 0.2) is 0 Å². The number of hydrogen-bond acceptors (Lipinski definition) is 7. The lowest BCUT2D eigenvalue weighted by Gasteiger charge is -2.31. The molecule has 2 fully saturated rings. The van der Waals surface area contributed by atoms with Gasteiger partial charge in [0.25, 0.3) is 0 Å². The van der Waals surface area contributed by atoms with E-state index >= 15 is 0 Å². The molecule has 2 saturated heterocycles. The number of hydrogen-bond donors (Lipinski definition) is 0. The fourth-order valence-electron chi connectivity index (χ4n) is 3.80. The fourth-order valence-corrected chi connectivity index (χ4v) is 4.73. The highest BCUT2D eigenvalue weighted by molar-refractivity contribution is 7.20. The number of fused-ring (bicyclic) bond motifs is 1. The highest BCUT2D eigenvalue weighted by Crippen LogP contribution is 2.30. The van der Waals surface area contributed by atoms with Crippen molar-refractivity contribution in [3.63, 3.8) is 0 Å². The van der Waals surface area contributed by atoms with Gasteiger partial charge in [-0.15, -0.1) is 11.3 Å². The monoisotopic (exact) mass is 461 g/mol. The second-order valence-electron chi connectivity index (χ2n) is 9.15. The first kappa shape index (κ1) is 22.8. The SMILES string of the molecule is CCOC(=O)c1cc2c(nc(C=C3CCN(C(=O)OC(C)(C)C)CC3)n2C[C@@H]2CCO2)s1. The summed E-state index contributed by atoms with van der Waals surface area (Å²) in [6, 6.07) is 1.87. The van der Waals surface area contributed by atoms with Gasteiger partial charge in [-0.1, -0.05) is 5.57 Å². The van der Waals surface area contributed by atoms with Crippen LogP contribution in [0, 0.1) is 0 Å². The van der Waals surface area contributed by atoms with Crippen molar-refractivity contribution in [1.82, 2.24) is 14.5 Å². The van der Waals surface area contributed by atoms with E-state index in [1.807, 2.05) is 26.8 Å².